The van der Waals surface area contributed by atoms with Gasteiger partial charge in [-0.25, -0.2) is 0 Å². The highest BCUT2D eigenvalue weighted by molar-refractivity contribution is 6.46. The van der Waals surface area contributed by atoms with Crippen molar-refractivity contribution in [3.63, 3.8) is 0 Å². The molecule has 2 aromatic rings. The number of likely N-dealkylation sites (tertiary alicyclic amines) is 1. The van der Waals surface area contributed by atoms with Gasteiger partial charge in [-0.15, -0.1) is 0 Å². The van der Waals surface area contributed by atoms with Gasteiger partial charge in [-0.2, -0.15) is 0 Å². The second-order valence-electron chi connectivity index (χ2n) is 7.23. The minimum Gasteiger partial charge on any atom is -0.507 e. The molecule has 1 fully saturated rings. The molecule has 1 unspecified atom stereocenters. The highest BCUT2D eigenvalue weighted by Crippen LogP contribution is 2.41. The Morgan fingerprint density at radius 3 is 2.39 bits per heavy atom. The summed E-state index contributed by atoms with van der Waals surface area (Å²) < 4.78 is 10.5. The molecule has 1 atom stereocenters. The number of carbonyl (C=O) groups excluding carboxylic acids is 2. The van der Waals surface area contributed by atoms with Gasteiger partial charge in [-0.1, -0.05) is 19.4 Å². The summed E-state index contributed by atoms with van der Waals surface area (Å²) in [5.74, 6) is -0.869. The number of aromatic hydroxyl groups is 1. The first kappa shape index (κ1) is 22.2. The maximum atomic E-state index is 12.9. The number of benzene rings is 2. The summed E-state index contributed by atoms with van der Waals surface area (Å²) in [6, 6.07) is 10.6. The average Bonchev–Trinajstić information content (AvgIpc) is 3.02. The maximum absolute atomic E-state index is 12.9. The van der Waals surface area contributed by atoms with Crippen LogP contribution in [0, 0.1) is 0 Å². The highest BCUT2D eigenvalue weighted by atomic mass is 16.5. The Labute approximate surface area is 181 Å². The maximum Gasteiger partial charge on any atom is 0.295 e. The summed E-state index contributed by atoms with van der Waals surface area (Å²) in [7, 11) is 1.44. The molecule has 2 aromatic carbocycles. The van der Waals surface area contributed by atoms with Crippen molar-refractivity contribution in [2.45, 2.75) is 32.7 Å². The monoisotopic (exact) mass is 425 g/mol. The molecule has 1 aliphatic rings. The van der Waals surface area contributed by atoms with Gasteiger partial charge in [0.2, 0.25) is 0 Å². The van der Waals surface area contributed by atoms with Crippen LogP contribution in [0.15, 0.2) is 48.0 Å². The van der Waals surface area contributed by atoms with E-state index in [4.69, 9.17) is 9.47 Å². The molecule has 0 saturated carbocycles. The van der Waals surface area contributed by atoms with E-state index in [0.717, 1.165) is 6.42 Å². The third kappa shape index (κ3) is 4.35. The summed E-state index contributed by atoms with van der Waals surface area (Å²) in [6.45, 7) is 4.73. The zero-order chi connectivity index (χ0) is 22.5. The number of aliphatic hydroxyl groups excluding tert-OH is 1. The third-order valence-electron chi connectivity index (χ3n) is 5.25. The number of hydrogen-bond acceptors (Lipinski definition) is 6. The summed E-state index contributed by atoms with van der Waals surface area (Å²) in [5.41, 5.74) is 0.913. The van der Waals surface area contributed by atoms with E-state index in [9.17, 15) is 19.8 Å². The summed E-state index contributed by atoms with van der Waals surface area (Å²) in [6.07, 6.45) is 1.54. The average molecular weight is 425 g/mol. The molecule has 1 saturated heterocycles. The Morgan fingerprint density at radius 2 is 1.81 bits per heavy atom. The summed E-state index contributed by atoms with van der Waals surface area (Å²) >= 11 is 0. The van der Waals surface area contributed by atoms with Crippen LogP contribution in [0.4, 0.5) is 0 Å². The number of hydrogen-bond donors (Lipinski definition) is 2. The number of phenolic OH excluding ortho intramolecular Hbond substituents is 1. The van der Waals surface area contributed by atoms with Gasteiger partial charge < -0.3 is 24.6 Å². The molecule has 1 amide bonds. The SMILES string of the molecule is CCCCN1C(=O)C(=O)/C(=C(\O)c2ccc(OCC)cc2)C1c1ccc(OC)c(O)c1. The lowest BCUT2D eigenvalue weighted by Gasteiger charge is -2.25. The Morgan fingerprint density at radius 1 is 1.10 bits per heavy atom. The van der Waals surface area contributed by atoms with E-state index in [1.165, 1.54) is 18.1 Å². The third-order valence-corrected chi connectivity index (χ3v) is 5.25. The van der Waals surface area contributed by atoms with E-state index in [1.807, 2.05) is 13.8 Å². The van der Waals surface area contributed by atoms with Crippen LogP contribution in [0.5, 0.6) is 17.2 Å². The van der Waals surface area contributed by atoms with E-state index in [1.54, 1.807) is 36.4 Å². The van der Waals surface area contributed by atoms with E-state index in [2.05, 4.69) is 0 Å². The summed E-state index contributed by atoms with van der Waals surface area (Å²) in [4.78, 5) is 27.2. The molecule has 2 N–H and O–H groups in total. The Bertz CT molecular complexity index is 996. The van der Waals surface area contributed by atoms with Crippen LogP contribution in [0.1, 0.15) is 43.9 Å². The number of ether oxygens (including phenoxy) is 2. The number of nitrogens with zero attached hydrogens (tertiary/aromatic N) is 1. The molecule has 3 rings (SSSR count). The molecule has 0 aliphatic carbocycles. The molecule has 1 aliphatic heterocycles. The number of phenols is 1. The van der Waals surface area contributed by atoms with Crippen LogP contribution >= 0.6 is 0 Å². The molecule has 1 heterocycles. The summed E-state index contributed by atoms with van der Waals surface area (Å²) in [5, 5.41) is 21.3. The zero-order valence-electron chi connectivity index (χ0n) is 17.9. The Kier molecular flexibility index (Phi) is 6.84. The smallest absolute Gasteiger partial charge is 0.295 e. The fourth-order valence-corrected chi connectivity index (χ4v) is 3.69. The first-order chi connectivity index (χ1) is 14.9. The number of aliphatic hydroxyl groups is 1. The van der Waals surface area contributed by atoms with Crippen LogP contribution in [0.3, 0.4) is 0 Å². The van der Waals surface area contributed by atoms with Crippen LogP contribution < -0.4 is 9.47 Å². The lowest BCUT2D eigenvalue weighted by Crippen LogP contribution is -2.30. The number of Topliss-reactive ketones (excluding diaryl/α,β-unsaturated/α-hetero) is 1. The van der Waals surface area contributed by atoms with Gasteiger partial charge >= 0.3 is 0 Å². The molecule has 31 heavy (non-hydrogen) atoms. The molecule has 164 valence electrons. The lowest BCUT2D eigenvalue weighted by molar-refractivity contribution is -0.139. The van der Waals surface area contributed by atoms with Gasteiger partial charge in [0.25, 0.3) is 11.7 Å². The minimum absolute atomic E-state index is 0.00479. The van der Waals surface area contributed by atoms with E-state index >= 15 is 0 Å². The van der Waals surface area contributed by atoms with E-state index < -0.39 is 17.7 Å². The minimum atomic E-state index is -0.810. The first-order valence-electron chi connectivity index (χ1n) is 10.3. The fraction of sp³-hybridized carbons (Fsp3) is 0.333. The number of methoxy groups -OCH3 is 1. The molecule has 7 nitrogen and oxygen atoms in total. The van der Waals surface area contributed by atoms with Crippen LogP contribution in [0.25, 0.3) is 5.76 Å². The quantitative estimate of drug-likeness (QED) is 0.377. The van der Waals surface area contributed by atoms with Crippen molar-refractivity contribution in [2.24, 2.45) is 0 Å². The predicted molar refractivity (Wildman–Crippen MR) is 116 cm³/mol. The van der Waals surface area contributed by atoms with Gasteiger partial charge in [0.15, 0.2) is 11.5 Å². The second-order valence-corrected chi connectivity index (χ2v) is 7.23. The van der Waals surface area contributed by atoms with E-state index in [-0.39, 0.29) is 22.8 Å². The van der Waals surface area contributed by atoms with Crippen molar-refractivity contribution in [2.75, 3.05) is 20.3 Å². The molecule has 0 bridgehead atoms. The second kappa shape index (κ2) is 9.55. The molecule has 0 aromatic heterocycles. The normalized spacial score (nSPS) is 17.8. The first-order valence-corrected chi connectivity index (χ1v) is 10.3. The van der Waals surface area contributed by atoms with Crippen LogP contribution in [0.2, 0.25) is 0 Å². The van der Waals surface area contributed by atoms with Crippen molar-refractivity contribution in [3.05, 3.63) is 59.2 Å². The number of unbranched alkanes of at least 4 members (excludes halogenated alkanes) is 1. The van der Waals surface area contributed by atoms with Crippen LogP contribution in [-0.2, 0) is 9.59 Å². The van der Waals surface area contributed by atoms with Crippen molar-refractivity contribution < 1.29 is 29.3 Å². The molecule has 7 heteroatoms. The van der Waals surface area contributed by atoms with Crippen molar-refractivity contribution in [1.82, 2.24) is 4.90 Å². The standard InChI is InChI=1S/C24H27NO6/c1-4-6-13-25-21(16-9-12-19(30-3)18(26)14-16)20(23(28)24(25)29)22(27)15-7-10-17(11-8-15)31-5-2/h7-12,14,21,26-27H,4-6,13H2,1-3H3/b22-20-. The molecular weight excluding hydrogens is 398 g/mol. The van der Waals surface area contributed by atoms with Gasteiger partial charge in [0.1, 0.15) is 11.5 Å². The Balaban J connectivity index is 2.12. The van der Waals surface area contributed by atoms with Gasteiger partial charge in [0.05, 0.1) is 25.3 Å². The molecular formula is C24H27NO6. The predicted octanol–water partition coefficient (Wildman–Crippen LogP) is 4.02. The topological polar surface area (TPSA) is 96.3 Å². The number of amides is 1. The van der Waals surface area contributed by atoms with Gasteiger partial charge in [-0.3, -0.25) is 9.59 Å². The molecule has 0 spiro atoms. The number of ketones is 1. The molecule has 0 radical (unpaired) electrons. The largest absolute Gasteiger partial charge is 0.507 e. The zero-order valence-corrected chi connectivity index (χ0v) is 17.9. The number of carbonyl (C=O) groups is 2. The van der Waals surface area contributed by atoms with Gasteiger partial charge in [-0.05, 0) is 55.3 Å². The van der Waals surface area contributed by atoms with Crippen molar-refractivity contribution >= 4 is 17.4 Å². The Hall–Kier alpha value is -3.48. The lowest BCUT2D eigenvalue weighted by atomic mass is 9.95. The fourth-order valence-electron chi connectivity index (χ4n) is 3.69. The van der Waals surface area contributed by atoms with E-state index in [0.29, 0.717) is 36.4 Å². The highest BCUT2D eigenvalue weighted by Gasteiger charge is 2.45. The van der Waals surface area contributed by atoms with Crippen molar-refractivity contribution in [3.8, 4) is 17.2 Å². The number of rotatable bonds is 8. The van der Waals surface area contributed by atoms with Gasteiger partial charge in [0, 0.05) is 12.1 Å². The van der Waals surface area contributed by atoms with Crippen molar-refractivity contribution in [1.29, 1.82) is 0 Å². The van der Waals surface area contributed by atoms with Crippen LogP contribution in [-0.4, -0.2) is 47.1 Å².